The molecular weight excluding hydrogens is 453 g/mol. The van der Waals surface area contributed by atoms with Gasteiger partial charge in [0.1, 0.15) is 0 Å². The Morgan fingerprint density at radius 2 is 1.50 bits per heavy atom. The van der Waals surface area contributed by atoms with E-state index in [9.17, 15) is 8.42 Å². The van der Waals surface area contributed by atoms with E-state index in [2.05, 4.69) is 36.6 Å². The minimum atomic E-state index is -3.72. The van der Waals surface area contributed by atoms with Crippen molar-refractivity contribution in [3.05, 3.63) is 55.4 Å². The summed E-state index contributed by atoms with van der Waals surface area (Å²) in [5.74, 6) is 0. The van der Waals surface area contributed by atoms with Gasteiger partial charge in [-0.05, 0) is 36.4 Å². The molecule has 8 heteroatoms. The molecule has 0 aromatic heterocycles. The predicted octanol–water partition coefficient (Wildman–Crippen LogP) is 5.32. The molecule has 3 nitrogen and oxygen atoms in total. The van der Waals surface area contributed by atoms with Gasteiger partial charge in [0.15, 0.2) is 0 Å². The van der Waals surface area contributed by atoms with Crippen LogP contribution in [0.2, 0.25) is 10.0 Å². The SMILES string of the molecule is O=S(=O)(Nc1cc(Br)cc(Br)c1)c1ccc(Cl)c(Cl)c1. The first-order valence-electron chi connectivity index (χ1n) is 5.22. The van der Waals surface area contributed by atoms with E-state index in [1.165, 1.54) is 18.2 Å². The minimum Gasteiger partial charge on any atom is -0.280 e. The molecule has 2 rings (SSSR count). The van der Waals surface area contributed by atoms with Gasteiger partial charge in [-0.25, -0.2) is 8.42 Å². The van der Waals surface area contributed by atoms with Gasteiger partial charge in [-0.2, -0.15) is 0 Å². The molecule has 106 valence electrons. The van der Waals surface area contributed by atoms with Gasteiger partial charge < -0.3 is 0 Å². The summed E-state index contributed by atoms with van der Waals surface area (Å²) in [6.07, 6.45) is 0. The lowest BCUT2D eigenvalue weighted by Gasteiger charge is -2.09. The number of sulfonamides is 1. The fraction of sp³-hybridized carbons (Fsp3) is 0. The normalized spacial score (nSPS) is 11.4. The Morgan fingerprint density at radius 1 is 0.900 bits per heavy atom. The molecule has 0 bridgehead atoms. The Kier molecular flexibility index (Phi) is 5.02. The van der Waals surface area contributed by atoms with Gasteiger partial charge in [0.2, 0.25) is 0 Å². The van der Waals surface area contributed by atoms with E-state index in [4.69, 9.17) is 23.2 Å². The average molecular weight is 460 g/mol. The first-order valence-corrected chi connectivity index (χ1v) is 9.04. The smallest absolute Gasteiger partial charge is 0.261 e. The van der Waals surface area contributed by atoms with Crippen molar-refractivity contribution >= 4 is 70.8 Å². The standard InChI is InChI=1S/C12H7Br2Cl2NO2S/c13-7-3-8(14)5-9(4-7)17-20(18,19)10-1-2-11(15)12(16)6-10/h1-6,17H. The summed E-state index contributed by atoms with van der Waals surface area (Å²) in [6.45, 7) is 0. The van der Waals surface area contributed by atoms with Gasteiger partial charge in [-0.15, -0.1) is 0 Å². The van der Waals surface area contributed by atoms with Crippen LogP contribution in [-0.2, 0) is 10.0 Å². The van der Waals surface area contributed by atoms with E-state index in [-0.39, 0.29) is 9.92 Å². The second kappa shape index (κ2) is 6.23. The van der Waals surface area contributed by atoms with Crippen molar-refractivity contribution < 1.29 is 8.42 Å². The zero-order chi connectivity index (χ0) is 14.9. The van der Waals surface area contributed by atoms with Gasteiger partial charge in [0, 0.05) is 8.95 Å². The molecule has 0 aliphatic heterocycles. The molecule has 0 amide bonds. The number of hydrogen-bond acceptors (Lipinski definition) is 2. The van der Waals surface area contributed by atoms with Gasteiger partial charge in [0.05, 0.1) is 20.6 Å². The second-order valence-electron chi connectivity index (χ2n) is 3.84. The first-order chi connectivity index (χ1) is 9.28. The number of anilines is 1. The molecule has 0 aliphatic rings. The Bertz CT molecular complexity index is 746. The van der Waals surface area contributed by atoms with E-state index in [1.54, 1.807) is 18.2 Å². The number of rotatable bonds is 3. The number of hydrogen-bond donors (Lipinski definition) is 1. The minimum absolute atomic E-state index is 0.0444. The van der Waals surface area contributed by atoms with E-state index in [0.29, 0.717) is 10.7 Å². The van der Waals surface area contributed by atoms with Crippen molar-refractivity contribution in [1.29, 1.82) is 0 Å². The summed E-state index contributed by atoms with van der Waals surface area (Å²) < 4.78 is 28.5. The molecular formula is C12H7Br2Cl2NO2S. The van der Waals surface area contributed by atoms with Crippen molar-refractivity contribution in [1.82, 2.24) is 0 Å². The van der Waals surface area contributed by atoms with Crippen LogP contribution in [0.5, 0.6) is 0 Å². The van der Waals surface area contributed by atoms with E-state index in [0.717, 1.165) is 8.95 Å². The molecule has 0 fully saturated rings. The van der Waals surface area contributed by atoms with Crippen molar-refractivity contribution in [2.24, 2.45) is 0 Å². The van der Waals surface area contributed by atoms with Crippen LogP contribution in [-0.4, -0.2) is 8.42 Å². The highest BCUT2D eigenvalue weighted by Gasteiger charge is 2.16. The number of benzene rings is 2. The molecule has 0 saturated carbocycles. The van der Waals surface area contributed by atoms with Crippen molar-refractivity contribution in [2.45, 2.75) is 4.90 Å². The Morgan fingerprint density at radius 3 is 2.05 bits per heavy atom. The molecule has 1 N–H and O–H groups in total. The monoisotopic (exact) mass is 457 g/mol. The molecule has 0 saturated heterocycles. The fourth-order valence-corrected chi connectivity index (χ4v) is 4.19. The average Bonchev–Trinajstić information content (AvgIpc) is 2.30. The third kappa shape index (κ3) is 3.89. The molecule has 0 spiro atoms. The lowest BCUT2D eigenvalue weighted by atomic mass is 10.3. The van der Waals surface area contributed by atoms with Crippen molar-refractivity contribution in [2.75, 3.05) is 4.72 Å². The molecule has 0 radical (unpaired) electrons. The van der Waals surface area contributed by atoms with Crippen LogP contribution in [0.15, 0.2) is 50.2 Å². The summed E-state index contributed by atoms with van der Waals surface area (Å²) in [5.41, 5.74) is 0.428. The third-order valence-electron chi connectivity index (χ3n) is 2.32. The Labute approximate surface area is 143 Å². The van der Waals surface area contributed by atoms with E-state index < -0.39 is 10.0 Å². The van der Waals surface area contributed by atoms with Crippen LogP contribution in [0, 0.1) is 0 Å². The largest absolute Gasteiger partial charge is 0.280 e. The predicted molar refractivity (Wildman–Crippen MR) is 89.1 cm³/mol. The number of nitrogens with one attached hydrogen (secondary N) is 1. The quantitative estimate of drug-likeness (QED) is 0.675. The van der Waals surface area contributed by atoms with Crippen molar-refractivity contribution in [3.8, 4) is 0 Å². The highest BCUT2D eigenvalue weighted by molar-refractivity contribution is 9.11. The van der Waals surface area contributed by atoms with Crippen molar-refractivity contribution in [3.63, 3.8) is 0 Å². The zero-order valence-corrected chi connectivity index (χ0v) is 15.2. The Hall–Kier alpha value is -0.270. The van der Waals surface area contributed by atoms with Gasteiger partial charge in [0.25, 0.3) is 10.0 Å². The van der Waals surface area contributed by atoms with Crippen LogP contribution < -0.4 is 4.72 Å². The van der Waals surface area contributed by atoms with Crippen LogP contribution in [0.1, 0.15) is 0 Å². The highest BCUT2D eigenvalue weighted by Crippen LogP contribution is 2.28. The maximum Gasteiger partial charge on any atom is 0.261 e. The summed E-state index contributed by atoms with van der Waals surface area (Å²) in [7, 11) is -3.72. The summed E-state index contributed by atoms with van der Waals surface area (Å²) >= 11 is 18.2. The van der Waals surface area contributed by atoms with Crippen LogP contribution >= 0.6 is 55.1 Å². The van der Waals surface area contributed by atoms with Crippen LogP contribution in [0.4, 0.5) is 5.69 Å². The highest BCUT2D eigenvalue weighted by atomic mass is 79.9. The van der Waals surface area contributed by atoms with E-state index in [1.807, 2.05) is 0 Å². The summed E-state index contributed by atoms with van der Waals surface area (Å²) in [5, 5.41) is 0.487. The molecule has 0 atom stereocenters. The molecule has 2 aromatic rings. The second-order valence-corrected chi connectivity index (χ2v) is 8.17. The van der Waals surface area contributed by atoms with Crippen LogP contribution in [0.3, 0.4) is 0 Å². The Balaban J connectivity index is 2.37. The zero-order valence-electron chi connectivity index (χ0n) is 9.70. The summed E-state index contributed by atoms with van der Waals surface area (Å²) in [6, 6.07) is 9.24. The van der Waals surface area contributed by atoms with Crippen LogP contribution in [0.25, 0.3) is 0 Å². The lowest BCUT2D eigenvalue weighted by molar-refractivity contribution is 0.601. The molecule has 0 unspecified atom stereocenters. The molecule has 0 aliphatic carbocycles. The lowest BCUT2D eigenvalue weighted by Crippen LogP contribution is -2.12. The molecule has 0 heterocycles. The number of halogens is 4. The molecule has 20 heavy (non-hydrogen) atoms. The summed E-state index contributed by atoms with van der Waals surface area (Å²) in [4.78, 5) is 0.0444. The van der Waals surface area contributed by atoms with Gasteiger partial charge in [-0.1, -0.05) is 55.1 Å². The fourth-order valence-electron chi connectivity index (χ4n) is 1.47. The maximum atomic E-state index is 12.2. The van der Waals surface area contributed by atoms with Gasteiger partial charge in [-0.3, -0.25) is 4.72 Å². The van der Waals surface area contributed by atoms with Gasteiger partial charge >= 0.3 is 0 Å². The topological polar surface area (TPSA) is 46.2 Å². The third-order valence-corrected chi connectivity index (χ3v) is 5.35. The van der Waals surface area contributed by atoms with E-state index >= 15 is 0 Å². The maximum absolute atomic E-state index is 12.2. The first kappa shape index (κ1) is 16.1. The molecule has 2 aromatic carbocycles.